The summed E-state index contributed by atoms with van der Waals surface area (Å²) in [6, 6.07) is 7.66. The molecule has 0 spiro atoms. The first-order valence-electron chi connectivity index (χ1n) is 8.70. The Balaban J connectivity index is 1.68. The summed E-state index contributed by atoms with van der Waals surface area (Å²) in [6.45, 7) is 0.911. The van der Waals surface area contributed by atoms with E-state index in [1.807, 2.05) is 17.0 Å². The highest BCUT2D eigenvalue weighted by Gasteiger charge is 2.41. The first kappa shape index (κ1) is 17.1. The van der Waals surface area contributed by atoms with Crippen LogP contribution in [0.1, 0.15) is 24.2 Å². The van der Waals surface area contributed by atoms with Crippen LogP contribution in [0.25, 0.3) is 11.3 Å². The van der Waals surface area contributed by atoms with Crippen LogP contribution >= 0.6 is 0 Å². The van der Waals surface area contributed by atoms with Gasteiger partial charge in [0.25, 0.3) is 0 Å². The maximum atomic E-state index is 15.5. The average molecular weight is 363 g/mol. The number of nitrogens with zero attached hydrogens (tertiary/aromatic N) is 7. The number of nitriles is 1. The third-order valence-corrected chi connectivity index (χ3v) is 4.96. The second-order valence-electron chi connectivity index (χ2n) is 6.63. The van der Waals surface area contributed by atoms with Crippen molar-refractivity contribution in [2.75, 3.05) is 18.0 Å². The molecule has 4 heterocycles. The molecule has 0 aromatic carbocycles. The molecule has 1 fully saturated rings. The fourth-order valence-electron chi connectivity index (χ4n) is 3.58. The summed E-state index contributed by atoms with van der Waals surface area (Å²) in [5.74, 6) is 0.348. The Kier molecular flexibility index (Phi) is 4.28. The Morgan fingerprint density at radius 2 is 2.04 bits per heavy atom. The number of hydrogen-bond donors (Lipinski definition) is 0. The molecule has 1 aliphatic rings. The van der Waals surface area contributed by atoms with Crippen molar-refractivity contribution in [1.29, 1.82) is 5.26 Å². The number of piperidine rings is 1. The molecule has 3 aromatic rings. The van der Waals surface area contributed by atoms with Crippen LogP contribution in [-0.4, -0.2) is 37.8 Å². The lowest BCUT2D eigenvalue weighted by Crippen LogP contribution is -2.42. The van der Waals surface area contributed by atoms with Gasteiger partial charge in [-0.3, -0.25) is 9.97 Å². The minimum atomic E-state index is -1.52. The van der Waals surface area contributed by atoms with Crippen LogP contribution in [0.4, 0.5) is 10.1 Å². The normalized spacial score (nSPS) is 16.1. The van der Waals surface area contributed by atoms with E-state index in [-0.39, 0.29) is 12.8 Å². The number of halogens is 1. The lowest BCUT2D eigenvalue weighted by Gasteiger charge is -2.37. The number of aromatic nitrogens is 5. The van der Waals surface area contributed by atoms with Gasteiger partial charge in [-0.15, -0.1) is 10.2 Å². The van der Waals surface area contributed by atoms with Crippen molar-refractivity contribution in [3.8, 4) is 17.3 Å². The van der Waals surface area contributed by atoms with Crippen molar-refractivity contribution in [2.45, 2.75) is 18.5 Å². The molecule has 0 saturated carbocycles. The molecule has 0 aliphatic carbocycles. The molecule has 1 saturated heterocycles. The highest BCUT2D eigenvalue weighted by molar-refractivity contribution is 5.79. The summed E-state index contributed by atoms with van der Waals surface area (Å²) in [6.07, 6.45) is 7.08. The molecule has 27 heavy (non-hydrogen) atoms. The van der Waals surface area contributed by atoms with Crippen molar-refractivity contribution in [3.63, 3.8) is 0 Å². The number of pyridine rings is 2. The standard InChI is InChI=1S/C19H18FN7/c1-26-13-24-25-18(26)19(20)5-9-27(10-6-19)17-14(11-21)4-8-23-16(17)15-3-2-7-22-12-15/h2-4,7-8,12-13H,5-6,9-10H2,1H3. The van der Waals surface area contributed by atoms with E-state index < -0.39 is 5.67 Å². The van der Waals surface area contributed by atoms with E-state index in [1.165, 1.54) is 6.33 Å². The van der Waals surface area contributed by atoms with E-state index >= 15 is 4.39 Å². The Morgan fingerprint density at radius 3 is 2.67 bits per heavy atom. The molecule has 0 unspecified atom stereocenters. The highest BCUT2D eigenvalue weighted by Crippen LogP contribution is 2.40. The van der Waals surface area contributed by atoms with Crippen molar-refractivity contribution in [1.82, 2.24) is 24.7 Å². The van der Waals surface area contributed by atoms with Gasteiger partial charge < -0.3 is 9.47 Å². The SMILES string of the molecule is Cn1cnnc1C1(F)CCN(c2c(C#N)ccnc2-c2cccnc2)CC1. The molecule has 3 aromatic heterocycles. The molecule has 0 bridgehead atoms. The van der Waals surface area contributed by atoms with E-state index in [0.29, 0.717) is 30.2 Å². The zero-order valence-electron chi connectivity index (χ0n) is 14.9. The van der Waals surface area contributed by atoms with Gasteiger partial charge in [0.2, 0.25) is 0 Å². The van der Waals surface area contributed by atoms with Crippen LogP contribution in [0.2, 0.25) is 0 Å². The lowest BCUT2D eigenvalue weighted by molar-refractivity contribution is 0.109. The first-order valence-corrected chi connectivity index (χ1v) is 8.70. The number of anilines is 1. The minimum absolute atomic E-state index is 0.270. The van der Waals surface area contributed by atoms with Gasteiger partial charge in [0.05, 0.1) is 16.9 Å². The van der Waals surface area contributed by atoms with Crippen LogP contribution in [0, 0.1) is 11.3 Å². The third kappa shape index (κ3) is 3.01. The molecule has 0 N–H and O–H groups in total. The van der Waals surface area contributed by atoms with E-state index in [9.17, 15) is 5.26 Å². The van der Waals surface area contributed by atoms with Crippen LogP contribution in [-0.2, 0) is 12.7 Å². The van der Waals surface area contributed by atoms with Gasteiger partial charge >= 0.3 is 0 Å². The molecular weight excluding hydrogens is 345 g/mol. The summed E-state index contributed by atoms with van der Waals surface area (Å²) in [7, 11) is 1.75. The van der Waals surface area contributed by atoms with Gasteiger partial charge in [-0.25, -0.2) is 4.39 Å². The van der Waals surface area contributed by atoms with Crippen molar-refractivity contribution in [3.05, 3.63) is 54.5 Å². The smallest absolute Gasteiger partial charge is 0.173 e. The maximum absolute atomic E-state index is 15.5. The molecule has 136 valence electrons. The van der Waals surface area contributed by atoms with Gasteiger partial charge in [0, 0.05) is 57.1 Å². The topological polar surface area (TPSA) is 83.5 Å². The fraction of sp³-hybridized carbons (Fsp3) is 0.316. The zero-order chi connectivity index (χ0) is 18.9. The second-order valence-corrected chi connectivity index (χ2v) is 6.63. The quantitative estimate of drug-likeness (QED) is 0.711. The Hall–Kier alpha value is -3.34. The summed E-state index contributed by atoms with van der Waals surface area (Å²) >= 11 is 0. The fourth-order valence-corrected chi connectivity index (χ4v) is 3.58. The molecule has 7 nitrogen and oxygen atoms in total. The van der Waals surface area contributed by atoms with E-state index in [0.717, 1.165) is 11.3 Å². The molecule has 0 amide bonds. The number of alkyl halides is 1. The number of hydrogen-bond acceptors (Lipinski definition) is 6. The molecule has 8 heteroatoms. The van der Waals surface area contributed by atoms with E-state index in [1.54, 1.807) is 36.3 Å². The molecule has 1 aliphatic heterocycles. The Bertz CT molecular complexity index is 985. The highest BCUT2D eigenvalue weighted by atomic mass is 19.1. The summed E-state index contributed by atoms with van der Waals surface area (Å²) in [5.41, 5.74) is 1.25. The third-order valence-electron chi connectivity index (χ3n) is 4.96. The second kappa shape index (κ2) is 6.76. The zero-order valence-corrected chi connectivity index (χ0v) is 14.9. The molecule has 0 atom stereocenters. The predicted molar refractivity (Wildman–Crippen MR) is 97.4 cm³/mol. The van der Waals surface area contributed by atoms with Crippen molar-refractivity contribution < 1.29 is 4.39 Å². The van der Waals surface area contributed by atoms with Crippen molar-refractivity contribution >= 4 is 5.69 Å². The largest absolute Gasteiger partial charge is 0.368 e. The monoisotopic (exact) mass is 363 g/mol. The number of rotatable bonds is 3. The van der Waals surface area contributed by atoms with E-state index in [4.69, 9.17) is 0 Å². The summed E-state index contributed by atoms with van der Waals surface area (Å²) < 4.78 is 17.1. The average Bonchev–Trinajstić information content (AvgIpc) is 3.15. The van der Waals surface area contributed by atoms with Gasteiger partial charge in [-0.2, -0.15) is 5.26 Å². The Labute approximate surface area is 156 Å². The van der Waals surface area contributed by atoms with Gasteiger partial charge in [-0.1, -0.05) is 0 Å². The molecular formula is C19H18FN7. The van der Waals surface area contributed by atoms with Crippen LogP contribution in [0.3, 0.4) is 0 Å². The van der Waals surface area contributed by atoms with Gasteiger partial charge in [0.1, 0.15) is 12.4 Å². The van der Waals surface area contributed by atoms with Crippen LogP contribution < -0.4 is 4.90 Å². The van der Waals surface area contributed by atoms with Gasteiger partial charge in [0.15, 0.2) is 11.5 Å². The van der Waals surface area contributed by atoms with Crippen LogP contribution in [0.15, 0.2) is 43.1 Å². The maximum Gasteiger partial charge on any atom is 0.173 e. The summed E-state index contributed by atoms with van der Waals surface area (Å²) in [5, 5.41) is 17.3. The van der Waals surface area contributed by atoms with Crippen LogP contribution in [0.5, 0.6) is 0 Å². The van der Waals surface area contributed by atoms with Crippen molar-refractivity contribution in [2.24, 2.45) is 7.05 Å². The Morgan fingerprint density at radius 1 is 1.22 bits per heavy atom. The van der Waals surface area contributed by atoms with Gasteiger partial charge in [-0.05, 0) is 18.2 Å². The number of aryl methyl sites for hydroxylation is 1. The van der Waals surface area contributed by atoms with E-state index in [2.05, 4.69) is 26.2 Å². The lowest BCUT2D eigenvalue weighted by atomic mass is 9.91. The predicted octanol–water partition coefficient (Wildman–Crippen LogP) is 2.61. The first-order chi connectivity index (χ1) is 13.1. The molecule has 0 radical (unpaired) electrons. The minimum Gasteiger partial charge on any atom is -0.368 e. The summed E-state index contributed by atoms with van der Waals surface area (Å²) in [4.78, 5) is 10.7. The molecule has 4 rings (SSSR count).